The van der Waals surface area contributed by atoms with Crippen molar-refractivity contribution in [2.45, 2.75) is 25.9 Å². The number of methoxy groups -OCH3 is 2. The smallest absolute Gasteiger partial charge is 0.352 e. The molecule has 9 heteroatoms. The molecule has 0 spiro atoms. The van der Waals surface area contributed by atoms with E-state index in [1.165, 1.54) is 23.6 Å². The Bertz CT molecular complexity index is 1120. The van der Waals surface area contributed by atoms with Crippen LogP contribution < -0.4 is 11.4 Å². The summed E-state index contributed by atoms with van der Waals surface area (Å²) < 4.78 is 13.5. The van der Waals surface area contributed by atoms with Gasteiger partial charge in [0.05, 0.1) is 44.1 Å². The molecule has 0 bridgehead atoms. The molecule has 1 aromatic heterocycles. The Labute approximate surface area is 165 Å². The predicted molar refractivity (Wildman–Crippen MR) is 102 cm³/mol. The number of allylic oxidation sites excluding steroid dienone is 2. The third-order valence-corrected chi connectivity index (χ3v) is 5.32. The second-order valence-corrected chi connectivity index (χ2v) is 6.85. The molecule has 29 heavy (non-hydrogen) atoms. The molecule has 0 fully saturated rings. The Balaban J connectivity index is 1.75. The van der Waals surface area contributed by atoms with Crippen molar-refractivity contribution >= 4 is 11.9 Å². The normalized spacial score (nSPS) is 15.7. The molecular formula is C20H19N3O6. The molecular weight excluding hydrogens is 378 g/mol. The summed E-state index contributed by atoms with van der Waals surface area (Å²) in [4.78, 5) is 50.2. The van der Waals surface area contributed by atoms with Gasteiger partial charge >= 0.3 is 23.3 Å². The zero-order valence-corrected chi connectivity index (χ0v) is 16.0. The van der Waals surface area contributed by atoms with E-state index in [-0.39, 0.29) is 37.1 Å². The number of esters is 2. The van der Waals surface area contributed by atoms with E-state index in [4.69, 9.17) is 9.47 Å². The highest BCUT2D eigenvalue weighted by molar-refractivity contribution is 6.01. The van der Waals surface area contributed by atoms with E-state index in [2.05, 4.69) is 0 Å². The molecule has 1 aliphatic heterocycles. The zero-order chi connectivity index (χ0) is 20.7. The number of rotatable bonds is 3. The van der Waals surface area contributed by atoms with Crippen molar-refractivity contribution < 1.29 is 19.1 Å². The lowest BCUT2D eigenvalue weighted by atomic mass is 9.85. The van der Waals surface area contributed by atoms with Gasteiger partial charge < -0.3 is 9.47 Å². The number of hydrogen-bond acceptors (Lipinski definition) is 6. The van der Waals surface area contributed by atoms with Crippen molar-refractivity contribution in [2.24, 2.45) is 0 Å². The first-order valence-corrected chi connectivity index (χ1v) is 9.02. The number of ether oxygens (including phenoxy) is 2. The number of benzene rings is 1. The Morgan fingerprint density at radius 2 is 1.24 bits per heavy atom. The van der Waals surface area contributed by atoms with Crippen LogP contribution in [0.5, 0.6) is 0 Å². The highest BCUT2D eigenvalue weighted by atomic mass is 16.5. The number of carbonyl (C=O) groups excluding carboxylic acids is 2. The lowest BCUT2D eigenvalue weighted by Crippen LogP contribution is -2.35. The molecule has 2 aromatic rings. The van der Waals surface area contributed by atoms with E-state index < -0.39 is 23.3 Å². The fraction of sp³-hybridized carbons (Fsp3) is 0.300. The van der Waals surface area contributed by atoms with Crippen LogP contribution in [-0.4, -0.2) is 40.1 Å². The van der Waals surface area contributed by atoms with Crippen LogP contribution >= 0.6 is 0 Å². The molecule has 150 valence electrons. The Hall–Kier alpha value is -3.62. The summed E-state index contributed by atoms with van der Waals surface area (Å²) in [7, 11) is 2.49. The van der Waals surface area contributed by atoms with Crippen molar-refractivity contribution in [1.82, 2.24) is 13.9 Å². The summed E-state index contributed by atoms with van der Waals surface area (Å²) in [5, 5.41) is 0. The maximum absolute atomic E-state index is 12.9. The van der Waals surface area contributed by atoms with E-state index in [0.717, 1.165) is 15.7 Å². The maximum atomic E-state index is 12.9. The van der Waals surface area contributed by atoms with E-state index in [1.54, 1.807) is 30.3 Å². The fourth-order valence-electron chi connectivity index (χ4n) is 3.85. The van der Waals surface area contributed by atoms with E-state index >= 15 is 0 Å². The lowest BCUT2D eigenvalue weighted by Gasteiger charge is -2.28. The zero-order valence-electron chi connectivity index (χ0n) is 16.0. The van der Waals surface area contributed by atoms with Crippen molar-refractivity contribution in [3.05, 3.63) is 73.6 Å². The van der Waals surface area contributed by atoms with Crippen LogP contribution in [0.3, 0.4) is 0 Å². The van der Waals surface area contributed by atoms with Gasteiger partial charge in [-0.2, -0.15) is 0 Å². The molecule has 9 nitrogen and oxygen atoms in total. The first-order valence-electron chi connectivity index (χ1n) is 9.02. The van der Waals surface area contributed by atoms with Crippen molar-refractivity contribution in [1.29, 1.82) is 0 Å². The SMILES string of the molecule is COC(=O)C1=C(C(=O)OC)CC2=C(C1)Cn1c(=O)n(-c3ccccc3)c(=O)n1C2. The Morgan fingerprint density at radius 3 is 1.66 bits per heavy atom. The monoisotopic (exact) mass is 397 g/mol. The highest BCUT2D eigenvalue weighted by Crippen LogP contribution is 2.34. The number of carbonyl (C=O) groups is 2. The number of hydrogen-bond donors (Lipinski definition) is 0. The summed E-state index contributed by atoms with van der Waals surface area (Å²) in [6.07, 6.45) is 0.340. The van der Waals surface area contributed by atoms with Crippen LogP contribution in [0.2, 0.25) is 0 Å². The van der Waals surface area contributed by atoms with Gasteiger partial charge in [-0.3, -0.25) is 0 Å². The van der Waals surface area contributed by atoms with Gasteiger partial charge in [0.2, 0.25) is 0 Å². The van der Waals surface area contributed by atoms with Crippen LogP contribution in [0.4, 0.5) is 0 Å². The molecule has 0 saturated carbocycles. The Kier molecular flexibility index (Phi) is 4.57. The minimum Gasteiger partial charge on any atom is -0.466 e. The first kappa shape index (κ1) is 18.7. The molecule has 2 heterocycles. The molecule has 0 unspecified atom stereocenters. The molecule has 4 rings (SSSR count). The molecule has 0 N–H and O–H groups in total. The van der Waals surface area contributed by atoms with E-state index in [0.29, 0.717) is 5.69 Å². The predicted octanol–water partition coefficient (Wildman–Crippen LogP) is 0.547. The van der Waals surface area contributed by atoms with Crippen LogP contribution in [-0.2, 0) is 32.2 Å². The summed E-state index contributed by atoms with van der Waals surface area (Å²) in [6, 6.07) is 8.68. The average molecular weight is 397 g/mol. The topological polar surface area (TPSA) is 102 Å². The standard InChI is InChI=1S/C20H19N3O6/c1-28-17(24)15-8-12-10-21-19(26)23(14-6-4-3-5-7-14)20(27)22(21)11-13(12)9-16(15)18(25)29-2/h3-7H,8-11H2,1-2H3. The number of fused-ring (bicyclic) bond motifs is 1. The van der Waals surface area contributed by atoms with Crippen LogP contribution in [0.1, 0.15) is 12.8 Å². The van der Waals surface area contributed by atoms with E-state index in [9.17, 15) is 19.2 Å². The second-order valence-electron chi connectivity index (χ2n) is 6.85. The van der Waals surface area contributed by atoms with Crippen LogP contribution in [0.25, 0.3) is 5.69 Å². The Morgan fingerprint density at radius 1 is 0.793 bits per heavy atom. The fourth-order valence-corrected chi connectivity index (χ4v) is 3.85. The minimum atomic E-state index is -0.603. The average Bonchev–Trinajstić information content (AvgIpc) is 3.00. The van der Waals surface area contributed by atoms with Crippen molar-refractivity contribution in [3.8, 4) is 5.69 Å². The summed E-state index contributed by atoms with van der Waals surface area (Å²) >= 11 is 0. The van der Waals surface area contributed by atoms with Gasteiger partial charge in [-0.25, -0.2) is 33.1 Å². The summed E-state index contributed by atoms with van der Waals surface area (Å²) in [5.74, 6) is -1.21. The first-order chi connectivity index (χ1) is 14.0. The highest BCUT2D eigenvalue weighted by Gasteiger charge is 2.33. The number of nitrogens with zero attached hydrogens (tertiary/aromatic N) is 3. The molecule has 0 saturated heterocycles. The molecule has 0 amide bonds. The van der Waals surface area contributed by atoms with Gasteiger partial charge in [0.1, 0.15) is 0 Å². The third kappa shape index (κ3) is 2.95. The van der Waals surface area contributed by atoms with Crippen molar-refractivity contribution in [3.63, 3.8) is 0 Å². The molecule has 1 aliphatic carbocycles. The van der Waals surface area contributed by atoms with Gasteiger partial charge in [-0.05, 0) is 23.3 Å². The molecule has 1 aromatic carbocycles. The van der Waals surface area contributed by atoms with E-state index in [1.807, 2.05) is 0 Å². The number of aromatic nitrogens is 3. The summed E-state index contributed by atoms with van der Waals surface area (Å²) in [5.41, 5.74) is 1.69. The molecule has 2 aliphatic rings. The van der Waals surface area contributed by atoms with Crippen LogP contribution in [0.15, 0.2) is 62.2 Å². The van der Waals surface area contributed by atoms with Gasteiger partial charge in [-0.1, -0.05) is 18.2 Å². The number of para-hydroxylation sites is 1. The molecule has 0 radical (unpaired) electrons. The van der Waals surface area contributed by atoms with Gasteiger partial charge in [0, 0.05) is 12.8 Å². The maximum Gasteiger partial charge on any atom is 0.352 e. The van der Waals surface area contributed by atoms with Crippen molar-refractivity contribution in [2.75, 3.05) is 14.2 Å². The summed E-state index contributed by atoms with van der Waals surface area (Å²) in [6.45, 7) is 0.330. The van der Waals surface area contributed by atoms with Gasteiger partial charge in [0.25, 0.3) is 0 Å². The van der Waals surface area contributed by atoms with Gasteiger partial charge in [-0.15, -0.1) is 0 Å². The van der Waals surface area contributed by atoms with Crippen LogP contribution in [0, 0.1) is 0 Å². The largest absolute Gasteiger partial charge is 0.466 e. The second kappa shape index (κ2) is 7.08. The lowest BCUT2D eigenvalue weighted by molar-refractivity contribution is -0.139. The van der Waals surface area contributed by atoms with Gasteiger partial charge in [0.15, 0.2) is 0 Å². The minimum absolute atomic E-state index is 0.165. The quantitative estimate of drug-likeness (QED) is 0.554. The third-order valence-electron chi connectivity index (χ3n) is 5.32. The molecule has 0 atom stereocenters.